The number of unbranched alkanes of at least 4 members (excludes halogenated alkanes) is 9. The molecule has 43 heavy (non-hydrogen) atoms. The van der Waals surface area contributed by atoms with Gasteiger partial charge in [-0.2, -0.15) is 0 Å². The van der Waals surface area contributed by atoms with Gasteiger partial charge in [0.25, 0.3) is 0 Å². The molecule has 0 heterocycles. The van der Waals surface area contributed by atoms with Crippen LogP contribution in [0.4, 0.5) is 0 Å². The molecular formula is C33H58O10. The Bertz CT molecular complexity index is 716. The van der Waals surface area contributed by atoms with Crippen LogP contribution < -0.4 is 0 Å². The van der Waals surface area contributed by atoms with Gasteiger partial charge >= 0.3 is 5.97 Å². The van der Waals surface area contributed by atoms with Crippen LogP contribution in [0.3, 0.4) is 0 Å². The van der Waals surface area contributed by atoms with Crippen molar-refractivity contribution >= 4 is 5.97 Å². The zero-order chi connectivity index (χ0) is 30.9. The first-order valence-corrected chi connectivity index (χ1v) is 16.2. The number of hydrogen-bond donors (Lipinski definition) is 1. The Kier molecular flexibility index (Phi) is 28.9. The Balaban J connectivity index is 1.66. The molecule has 0 aliphatic carbocycles. The van der Waals surface area contributed by atoms with Crippen LogP contribution >= 0.6 is 0 Å². The quantitative estimate of drug-likeness (QED) is 0.0795. The van der Waals surface area contributed by atoms with E-state index in [1.54, 1.807) is 0 Å². The molecule has 0 spiro atoms. The van der Waals surface area contributed by atoms with Crippen LogP contribution in [0.15, 0.2) is 24.3 Å². The zero-order valence-corrected chi connectivity index (χ0v) is 26.6. The van der Waals surface area contributed by atoms with Crippen LogP contribution in [0.1, 0.15) is 81.5 Å². The molecule has 0 unspecified atom stereocenters. The van der Waals surface area contributed by atoms with E-state index in [0.717, 1.165) is 13.0 Å². The monoisotopic (exact) mass is 614 g/mol. The van der Waals surface area contributed by atoms with Crippen LogP contribution in [0.5, 0.6) is 5.75 Å². The highest BCUT2D eigenvalue weighted by Crippen LogP contribution is 2.11. The SMILES string of the molecule is CCCCCCCCCCCCOCCOCCOCCOCCOCCOCCOCCOC(=O)c1ccc(O)cc1. The molecule has 0 radical (unpaired) electrons. The van der Waals surface area contributed by atoms with Gasteiger partial charge in [-0.1, -0.05) is 64.7 Å². The fourth-order valence-corrected chi connectivity index (χ4v) is 3.99. The Morgan fingerprint density at radius 3 is 1.19 bits per heavy atom. The zero-order valence-electron chi connectivity index (χ0n) is 26.6. The van der Waals surface area contributed by atoms with Crippen LogP contribution in [-0.2, 0) is 37.9 Å². The second-order valence-corrected chi connectivity index (χ2v) is 10.2. The summed E-state index contributed by atoms with van der Waals surface area (Å²) in [6.07, 6.45) is 13.4. The third-order valence-corrected chi connectivity index (χ3v) is 6.44. The largest absolute Gasteiger partial charge is 0.508 e. The molecule has 0 saturated carbocycles. The molecule has 1 aromatic rings. The lowest BCUT2D eigenvalue weighted by Crippen LogP contribution is -2.15. The maximum absolute atomic E-state index is 11.8. The minimum Gasteiger partial charge on any atom is -0.508 e. The summed E-state index contributed by atoms with van der Waals surface area (Å²) >= 11 is 0. The summed E-state index contributed by atoms with van der Waals surface area (Å²) in [5, 5.41) is 9.23. The molecule has 0 aromatic heterocycles. The van der Waals surface area contributed by atoms with Crippen molar-refractivity contribution in [2.75, 3.05) is 99.1 Å². The first-order valence-electron chi connectivity index (χ1n) is 16.2. The van der Waals surface area contributed by atoms with Gasteiger partial charge in [0.05, 0.1) is 91.5 Å². The molecule has 0 fully saturated rings. The summed E-state index contributed by atoms with van der Waals surface area (Å²) < 4.78 is 43.5. The molecule has 10 nitrogen and oxygen atoms in total. The van der Waals surface area contributed by atoms with Crippen molar-refractivity contribution < 1.29 is 47.8 Å². The number of esters is 1. The van der Waals surface area contributed by atoms with Gasteiger partial charge in [-0.3, -0.25) is 0 Å². The number of rotatable bonds is 33. The summed E-state index contributed by atoms with van der Waals surface area (Å²) in [4.78, 5) is 11.8. The molecule has 0 aliphatic rings. The van der Waals surface area contributed by atoms with Gasteiger partial charge in [0, 0.05) is 6.61 Å². The van der Waals surface area contributed by atoms with E-state index < -0.39 is 5.97 Å². The fraction of sp³-hybridized carbons (Fsp3) is 0.788. The molecule has 0 atom stereocenters. The van der Waals surface area contributed by atoms with E-state index in [2.05, 4.69) is 6.92 Å². The minimum absolute atomic E-state index is 0.100. The molecule has 0 bridgehead atoms. The van der Waals surface area contributed by atoms with Gasteiger partial charge in [-0.05, 0) is 30.7 Å². The third kappa shape index (κ3) is 27.5. The van der Waals surface area contributed by atoms with Crippen molar-refractivity contribution in [1.29, 1.82) is 0 Å². The molecular weight excluding hydrogens is 556 g/mol. The van der Waals surface area contributed by atoms with E-state index in [-0.39, 0.29) is 19.0 Å². The maximum Gasteiger partial charge on any atom is 0.338 e. The normalized spacial score (nSPS) is 11.3. The van der Waals surface area contributed by atoms with E-state index in [1.807, 2.05) is 0 Å². The summed E-state index contributed by atoms with van der Waals surface area (Å²) in [7, 11) is 0. The third-order valence-electron chi connectivity index (χ3n) is 6.44. The molecule has 10 heteroatoms. The highest BCUT2D eigenvalue weighted by molar-refractivity contribution is 5.89. The van der Waals surface area contributed by atoms with Gasteiger partial charge in [0.1, 0.15) is 12.4 Å². The molecule has 0 saturated heterocycles. The van der Waals surface area contributed by atoms with Gasteiger partial charge < -0.3 is 43.0 Å². The highest BCUT2D eigenvalue weighted by atomic mass is 16.6. The average molecular weight is 615 g/mol. The van der Waals surface area contributed by atoms with E-state index in [0.29, 0.717) is 84.8 Å². The van der Waals surface area contributed by atoms with Crippen LogP contribution in [0, 0.1) is 0 Å². The van der Waals surface area contributed by atoms with Crippen LogP contribution in [-0.4, -0.2) is 110 Å². The number of ether oxygens (including phenoxy) is 8. The van der Waals surface area contributed by atoms with E-state index >= 15 is 0 Å². The van der Waals surface area contributed by atoms with Gasteiger partial charge in [-0.15, -0.1) is 0 Å². The summed E-state index contributed by atoms with van der Waals surface area (Å²) in [5.41, 5.74) is 0.381. The smallest absolute Gasteiger partial charge is 0.338 e. The van der Waals surface area contributed by atoms with Crippen molar-refractivity contribution in [3.05, 3.63) is 29.8 Å². The number of phenolic OH excluding ortho intramolecular Hbond substituents is 1. The highest BCUT2D eigenvalue weighted by Gasteiger charge is 2.06. The number of hydrogen-bond acceptors (Lipinski definition) is 10. The Morgan fingerprint density at radius 1 is 0.465 bits per heavy atom. The second-order valence-electron chi connectivity index (χ2n) is 10.2. The van der Waals surface area contributed by atoms with Crippen molar-refractivity contribution in [3.8, 4) is 5.75 Å². The van der Waals surface area contributed by atoms with Crippen molar-refractivity contribution in [2.24, 2.45) is 0 Å². The van der Waals surface area contributed by atoms with Gasteiger partial charge in [0.15, 0.2) is 0 Å². The van der Waals surface area contributed by atoms with E-state index in [1.165, 1.54) is 82.1 Å². The summed E-state index contributed by atoms with van der Waals surface area (Å²) in [5.74, 6) is -0.354. The Labute approximate surface area is 259 Å². The summed E-state index contributed by atoms with van der Waals surface area (Å²) in [6, 6.07) is 5.88. The second kappa shape index (κ2) is 31.6. The average Bonchev–Trinajstić information content (AvgIpc) is 3.02. The van der Waals surface area contributed by atoms with Crippen molar-refractivity contribution in [1.82, 2.24) is 0 Å². The predicted molar refractivity (Wildman–Crippen MR) is 166 cm³/mol. The van der Waals surface area contributed by atoms with Crippen molar-refractivity contribution in [3.63, 3.8) is 0 Å². The summed E-state index contributed by atoms with van der Waals surface area (Å²) in [6.45, 7) is 9.68. The van der Waals surface area contributed by atoms with Gasteiger partial charge in [-0.25, -0.2) is 4.79 Å². The lowest BCUT2D eigenvalue weighted by molar-refractivity contribution is -0.0223. The van der Waals surface area contributed by atoms with Crippen LogP contribution in [0.25, 0.3) is 0 Å². The number of aromatic hydroxyl groups is 1. The topological polar surface area (TPSA) is 111 Å². The molecule has 1 aromatic carbocycles. The first-order chi connectivity index (χ1) is 21.2. The predicted octanol–water partition coefficient (Wildman–Crippen LogP) is 5.59. The standard InChI is InChI=1S/C33H58O10/c1-2-3-4-5-6-7-8-9-10-11-16-36-17-18-37-19-20-38-21-22-39-23-24-40-25-26-41-27-28-42-29-30-43-33(35)31-12-14-32(34)15-13-31/h12-15,34H,2-11,16-30H2,1H3. The number of carbonyl (C=O) groups is 1. The number of carbonyl (C=O) groups excluding carboxylic acids is 1. The molecule has 1 rings (SSSR count). The Hall–Kier alpha value is -1.79. The number of benzene rings is 1. The molecule has 0 aliphatic heterocycles. The van der Waals surface area contributed by atoms with E-state index in [9.17, 15) is 9.90 Å². The fourth-order valence-electron chi connectivity index (χ4n) is 3.99. The van der Waals surface area contributed by atoms with Gasteiger partial charge in [0.2, 0.25) is 0 Å². The number of phenols is 1. The lowest BCUT2D eigenvalue weighted by Gasteiger charge is -2.09. The first kappa shape index (κ1) is 39.2. The molecule has 250 valence electrons. The minimum atomic E-state index is -0.454. The van der Waals surface area contributed by atoms with Crippen molar-refractivity contribution in [2.45, 2.75) is 71.1 Å². The molecule has 1 N–H and O–H groups in total. The molecule has 0 amide bonds. The van der Waals surface area contributed by atoms with E-state index in [4.69, 9.17) is 37.9 Å². The lowest BCUT2D eigenvalue weighted by atomic mass is 10.1. The maximum atomic E-state index is 11.8. The van der Waals surface area contributed by atoms with Crippen LogP contribution in [0.2, 0.25) is 0 Å². The Morgan fingerprint density at radius 2 is 0.791 bits per heavy atom.